The van der Waals surface area contributed by atoms with Gasteiger partial charge in [-0.3, -0.25) is 4.98 Å². The second-order valence-corrected chi connectivity index (χ2v) is 8.70. The number of imidazole rings is 1. The molecule has 0 saturated carbocycles. The summed E-state index contributed by atoms with van der Waals surface area (Å²) >= 11 is 0. The molecule has 5 nitrogen and oxygen atoms in total. The SMILES string of the molecule is NCCc1ccc(N(C2CCCc3cccnc32)C(c2ncc[nH]2)C2C=CC=CC2)cc1. The molecule has 2 aliphatic carbocycles. The lowest BCUT2D eigenvalue weighted by molar-refractivity contribution is 0.391. The molecule has 1 aromatic carbocycles. The second-order valence-electron chi connectivity index (χ2n) is 8.70. The summed E-state index contributed by atoms with van der Waals surface area (Å²) < 4.78 is 0. The van der Waals surface area contributed by atoms with Crippen molar-refractivity contribution in [2.75, 3.05) is 11.4 Å². The summed E-state index contributed by atoms with van der Waals surface area (Å²) in [5, 5.41) is 0. The van der Waals surface area contributed by atoms with Gasteiger partial charge in [0.1, 0.15) is 5.82 Å². The minimum absolute atomic E-state index is 0.0875. The zero-order chi connectivity index (χ0) is 21.8. The van der Waals surface area contributed by atoms with Crippen molar-refractivity contribution in [3.63, 3.8) is 0 Å². The predicted octanol–water partition coefficient (Wildman–Crippen LogP) is 5.06. The first-order chi connectivity index (χ1) is 15.8. The molecule has 0 fully saturated rings. The van der Waals surface area contributed by atoms with Gasteiger partial charge in [0.2, 0.25) is 0 Å². The highest BCUT2D eigenvalue weighted by molar-refractivity contribution is 5.53. The summed E-state index contributed by atoms with van der Waals surface area (Å²) in [6.45, 7) is 0.664. The summed E-state index contributed by atoms with van der Waals surface area (Å²) in [4.78, 5) is 15.6. The number of anilines is 1. The highest BCUT2D eigenvalue weighted by atomic mass is 15.2. The molecule has 5 heteroatoms. The van der Waals surface area contributed by atoms with Gasteiger partial charge in [0, 0.05) is 30.2 Å². The normalized spacial score (nSPS) is 20.7. The molecule has 2 aromatic heterocycles. The number of fused-ring (bicyclic) bond motifs is 1. The molecule has 3 N–H and O–H groups in total. The zero-order valence-corrected chi connectivity index (χ0v) is 18.4. The Morgan fingerprint density at radius 2 is 2.00 bits per heavy atom. The van der Waals surface area contributed by atoms with Gasteiger partial charge < -0.3 is 15.6 Å². The minimum Gasteiger partial charge on any atom is -0.352 e. The molecule has 0 radical (unpaired) electrons. The molecule has 0 bridgehead atoms. The van der Waals surface area contributed by atoms with Crippen LogP contribution in [0.1, 0.15) is 54.0 Å². The smallest absolute Gasteiger partial charge is 0.129 e. The molecule has 3 atom stereocenters. The number of hydrogen-bond acceptors (Lipinski definition) is 4. The molecule has 3 aromatic rings. The van der Waals surface area contributed by atoms with E-state index in [0.717, 1.165) is 37.9 Å². The first-order valence-electron chi connectivity index (χ1n) is 11.7. The van der Waals surface area contributed by atoms with Gasteiger partial charge in [0.25, 0.3) is 0 Å². The molecule has 0 saturated heterocycles. The molecule has 0 aliphatic heterocycles. The van der Waals surface area contributed by atoms with Crippen molar-refractivity contribution >= 4 is 5.69 Å². The topological polar surface area (TPSA) is 70.8 Å². The van der Waals surface area contributed by atoms with Crippen LogP contribution in [0, 0.1) is 5.92 Å². The van der Waals surface area contributed by atoms with Gasteiger partial charge in [-0.15, -0.1) is 0 Å². The maximum atomic E-state index is 5.79. The van der Waals surface area contributed by atoms with Crippen molar-refractivity contribution in [3.8, 4) is 0 Å². The summed E-state index contributed by atoms with van der Waals surface area (Å²) in [6.07, 6.45) is 19.8. The van der Waals surface area contributed by atoms with Crippen LogP contribution in [-0.4, -0.2) is 21.5 Å². The summed E-state index contributed by atoms with van der Waals surface area (Å²) in [7, 11) is 0. The van der Waals surface area contributed by atoms with E-state index in [4.69, 9.17) is 15.7 Å². The van der Waals surface area contributed by atoms with Crippen molar-refractivity contribution in [2.45, 2.75) is 44.2 Å². The van der Waals surface area contributed by atoms with Crippen molar-refractivity contribution in [3.05, 3.63) is 102 Å². The van der Waals surface area contributed by atoms with Crippen LogP contribution in [0.2, 0.25) is 0 Å². The lowest BCUT2D eigenvalue weighted by Gasteiger charge is -2.44. The molecule has 2 heterocycles. The van der Waals surface area contributed by atoms with Gasteiger partial charge >= 0.3 is 0 Å². The number of pyridine rings is 1. The number of nitrogens with two attached hydrogens (primary N) is 1. The average molecular weight is 426 g/mol. The first-order valence-corrected chi connectivity index (χ1v) is 11.7. The Labute approximate surface area is 190 Å². The predicted molar refractivity (Wildman–Crippen MR) is 129 cm³/mol. The number of nitrogens with one attached hydrogen (secondary N) is 1. The molecular formula is C27H31N5. The van der Waals surface area contributed by atoms with Crippen molar-refractivity contribution in [2.24, 2.45) is 11.7 Å². The maximum absolute atomic E-state index is 5.79. The van der Waals surface area contributed by atoms with E-state index in [-0.39, 0.29) is 12.1 Å². The number of aryl methyl sites for hydroxylation is 1. The third-order valence-corrected chi connectivity index (χ3v) is 6.69. The van der Waals surface area contributed by atoms with Gasteiger partial charge in [0.05, 0.1) is 17.8 Å². The van der Waals surface area contributed by atoms with Gasteiger partial charge in [0.15, 0.2) is 0 Å². The third kappa shape index (κ3) is 4.13. The van der Waals surface area contributed by atoms with Gasteiger partial charge in [-0.2, -0.15) is 0 Å². The molecule has 32 heavy (non-hydrogen) atoms. The standard InChI is InChI=1S/C27H31N5/c28-16-15-20-11-13-23(14-12-20)32(24-10-4-8-21-9-5-17-29-25(21)24)26(27-30-18-19-31-27)22-6-2-1-3-7-22/h1-3,5-6,9,11-14,17-19,22,24,26H,4,7-8,10,15-16,28H2,(H,30,31). The fourth-order valence-corrected chi connectivity index (χ4v) is 5.21. The third-order valence-electron chi connectivity index (χ3n) is 6.69. The number of H-pyrrole nitrogens is 1. The van der Waals surface area contributed by atoms with Crippen LogP contribution >= 0.6 is 0 Å². The molecule has 164 valence electrons. The largest absolute Gasteiger partial charge is 0.352 e. The van der Waals surface area contributed by atoms with Gasteiger partial charge in [-0.05, 0) is 68.0 Å². The quantitative estimate of drug-likeness (QED) is 0.555. The van der Waals surface area contributed by atoms with Crippen molar-refractivity contribution in [1.29, 1.82) is 0 Å². The average Bonchev–Trinajstić information content (AvgIpc) is 3.38. The van der Waals surface area contributed by atoms with E-state index in [1.165, 1.54) is 22.5 Å². The number of hydrogen-bond donors (Lipinski definition) is 2. The molecule has 0 spiro atoms. The highest BCUT2D eigenvalue weighted by Crippen LogP contribution is 2.44. The van der Waals surface area contributed by atoms with Crippen LogP contribution < -0.4 is 10.6 Å². The summed E-state index contributed by atoms with van der Waals surface area (Å²) in [6, 6.07) is 13.5. The van der Waals surface area contributed by atoms with Crippen molar-refractivity contribution in [1.82, 2.24) is 15.0 Å². The molecule has 2 aliphatic rings. The number of benzene rings is 1. The highest BCUT2D eigenvalue weighted by Gasteiger charge is 2.37. The molecule has 0 amide bonds. The van der Waals surface area contributed by atoms with Crippen LogP contribution in [0.4, 0.5) is 5.69 Å². The number of aromatic nitrogens is 3. The van der Waals surface area contributed by atoms with Crippen LogP contribution in [-0.2, 0) is 12.8 Å². The Balaban J connectivity index is 1.63. The minimum atomic E-state index is 0.0875. The Bertz CT molecular complexity index is 1070. The van der Waals surface area contributed by atoms with E-state index in [0.29, 0.717) is 12.5 Å². The number of nitrogens with zero attached hydrogens (tertiary/aromatic N) is 3. The Morgan fingerprint density at radius 3 is 2.75 bits per heavy atom. The van der Waals surface area contributed by atoms with Gasteiger partial charge in [-0.25, -0.2) is 4.98 Å². The molecular weight excluding hydrogens is 394 g/mol. The molecule has 3 unspecified atom stereocenters. The molecule has 5 rings (SSSR count). The fourth-order valence-electron chi connectivity index (χ4n) is 5.21. The van der Waals surface area contributed by atoms with E-state index in [1.54, 1.807) is 0 Å². The second kappa shape index (κ2) is 9.53. The van der Waals surface area contributed by atoms with E-state index in [1.807, 2.05) is 18.6 Å². The zero-order valence-electron chi connectivity index (χ0n) is 18.4. The number of rotatable bonds is 7. The number of allylic oxidation sites excluding steroid dienone is 3. The van der Waals surface area contributed by atoms with Crippen LogP contribution in [0.3, 0.4) is 0 Å². The first kappa shape index (κ1) is 20.7. The van der Waals surface area contributed by atoms with E-state index < -0.39 is 0 Å². The lowest BCUT2D eigenvalue weighted by Crippen LogP contribution is -2.39. The van der Waals surface area contributed by atoms with E-state index in [2.05, 4.69) is 70.6 Å². The Hall–Kier alpha value is -3.18. The van der Waals surface area contributed by atoms with E-state index in [9.17, 15) is 0 Å². The maximum Gasteiger partial charge on any atom is 0.129 e. The van der Waals surface area contributed by atoms with E-state index >= 15 is 0 Å². The Morgan fingerprint density at radius 1 is 1.09 bits per heavy atom. The monoisotopic (exact) mass is 425 g/mol. The Kier molecular flexibility index (Phi) is 6.17. The number of aromatic amines is 1. The van der Waals surface area contributed by atoms with Gasteiger partial charge in [-0.1, -0.05) is 42.5 Å². The lowest BCUT2D eigenvalue weighted by atomic mass is 9.85. The fraction of sp³-hybridized carbons (Fsp3) is 0.333. The van der Waals surface area contributed by atoms with Crippen molar-refractivity contribution < 1.29 is 0 Å². The summed E-state index contributed by atoms with van der Waals surface area (Å²) in [5.41, 5.74) is 10.8. The van der Waals surface area contributed by atoms with Crippen LogP contribution in [0.15, 0.2) is 79.3 Å². The van der Waals surface area contributed by atoms with Crippen LogP contribution in [0.5, 0.6) is 0 Å². The summed E-state index contributed by atoms with van der Waals surface area (Å²) in [5.74, 6) is 1.33. The van der Waals surface area contributed by atoms with Crippen LogP contribution in [0.25, 0.3) is 0 Å².